The van der Waals surface area contributed by atoms with Gasteiger partial charge in [0.15, 0.2) is 11.6 Å². The minimum Gasteiger partial charge on any atom is -0.298 e. The van der Waals surface area contributed by atoms with E-state index in [1.54, 1.807) is 6.92 Å². The number of hydrogen-bond donors (Lipinski definition) is 0. The van der Waals surface area contributed by atoms with Crippen LogP contribution in [-0.2, 0) is 6.42 Å². The number of nitrogens with zero attached hydrogens (tertiary/aromatic N) is 7. The van der Waals surface area contributed by atoms with Crippen molar-refractivity contribution in [1.82, 2.24) is 35.1 Å². The first-order chi connectivity index (χ1) is 10.6. The van der Waals surface area contributed by atoms with Gasteiger partial charge in [0.25, 0.3) is 0 Å². The molecule has 3 aliphatic heterocycles. The fraction of sp³-hybridized carbons (Fsp3) is 0.857. The van der Waals surface area contributed by atoms with Gasteiger partial charge in [0, 0.05) is 64.8 Å². The summed E-state index contributed by atoms with van der Waals surface area (Å²) in [5.41, 5.74) is -1.12. The van der Waals surface area contributed by atoms with Crippen molar-refractivity contribution in [3.8, 4) is 0 Å². The Labute approximate surface area is 129 Å². The predicted molar refractivity (Wildman–Crippen MR) is 78.1 cm³/mol. The van der Waals surface area contributed by atoms with Crippen molar-refractivity contribution in [3.63, 3.8) is 0 Å². The van der Waals surface area contributed by atoms with Crippen LogP contribution in [0.4, 0.5) is 4.39 Å². The van der Waals surface area contributed by atoms with Crippen molar-refractivity contribution < 1.29 is 4.39 Å². The van der Waals surface area contributed by atoms with Crippen LogP contribution in [0.2, 0.25) is 0 Å². The predicted octanol–water partition coefficient (Wildman–Crippen LogP) is -0.859. The average Bonchev–Trinajstić information content (AvgIpc) is 2.78. The summed E-state index contributed by atoms with van der Waals surface area (Å²) < 4.78 is 15.2. The van der Waals surface area contributed by atoms with Crippen molar-refractivity contribution >= 4 is 0 Å². The van der Waals surface area contributed by atoms with Crippen LogP contribution in [0, 0.1) is 6.92 Å². The van der Waals surface area contributed by atoms with Gasteiger partial charge in [-0.1, -0.05) is 0 Å². The number of rotatable bonds is 2. The third-order valence-electron chi connectivity index (χ3n) is 4.96. The van der Waals surface area contributed by atoms with Gasteiger partial charge in [-0.05, 0) is 6.92 Å². The first-order valence-electron chi connectivity index (χ1n) is 8.00. The molecule has 4 bridgehead atoms. The van der Waals surface area contributed by atoms with Crippen LogP contribution in [0.1, 0.15) is 11.6 Å². The Bertz CT molecular complexity index is 538. The third kappa shape index (κ3) is 2.82. The van der Waals surface area contributed by atoms with Crippen LogP contribution in [0.3, 0.4) is 0 Å². The molecule has 0 radical (unpaired) electrons. The largest absolute Gasteiger partial charge is 0.298 e. The van der Waals surface area contributed by atoms with E-state index in [-0.39, 0.29) is 6.04 Å². The molecule has 22 heavy (non-hydrogen) atoms. The van der Waals surface area contributed by atoms with Gasteiger partial charge in [-0.15, -0.1) is 20.4 Å². The molecule has 3 saturated heterocycles. The summed E-state index contributed by atoms with van der Waals surface area (Å²) in [4.78, 5) is 6.83. The zero-order valence-corrected chi connectivity index (χ0v) is 12.9. The highest BCUT2D eigenvalue weighted by Gasteiger charge is 2.45. The fourth-order valence-electron chi connectivity index (χ4n) is 3.96. The molecule has 0 amide bonds. The van der Waals surface area contributed by atoms with Gasteiger partial charge < -0.3 is 0 Å². The highest BCUT2D eigenvalue weighted by Crippen LogP contribution is 2.28. The highest BCUT2D eigenvalue weighted by molar-refractivity contribution is 5.02. The van der Waals surface area contributed by atoms with Gasteiger partial charge in [0.05, 0.1) is 0 Å². The number of halogens is 1. The highest BCUT2D eigenvalue weighted by atomic mass is 18.2. The summed E-state index contributed by atoms with van der Waals surface area (Å²) in [7, 11) is 0. The summed E-state index contributed by atoms with van der Waals surface area (Å²) in [5.74, 6) is 1.24. The Morgan fingerprint density at radius 2 is 1.68 bits per heavy atom. The summed E-state index contributed by atoms with van der Waals surface area (Å²) in [5, 5.41) is 16.3. The zero-order chi connectivity index (χ0) is 15.2. The van der Waals surface area contributed by atoms with Gasteiger partial charge in [-0.25, -0.2) is 4.39 Å². The molecule has 7 nitrogen and oxygen atoms in total. The lowest BCUT2D eigenvalue weighted by molar-refractivity contribution is 0.0923. The molecule has 5 unspecified atom stereocenters. The molecule has 3 aliphatic rings. The van der Waals surface area contributed by atoms with Crippen LogP contribution in [0.5, 0.6) is 0 Å². The van der Waals surface area contributed by atoms with E-state index in [1.165, 1.54) is 0 Å². The molecule has 0 spiro atoms. The Balaban J connectivity index is 1.59. The van der Waals surface area contributed by atoms with E-state index in [2.05, 4.69) is 35.1 Å². The molecule has 4 rings (SSSR count). The van der Waals surface area contributed by atoms with E-state index in [0.29, 0.717) is 37.7 Å². The first kappa shape index (κ1) is 14.3. The second-order valence-corrected chi connectivity index (χ2v) is 6.85. The molecule has 120 valence electrons. The van der Waals surface area contributed by atoms with E-state index in [1.807, 2.05) is 0 Å². The number of hydrogen-bond acceptors (Lipinski definition) is 7. The quantitative estimate of drug-likeness (QED) is 0.705. The minimum atomic E-state index is -1.12. The lowest BCUT2D eigenvalue weighted by atomic mass is 10.1. The summed E-state index contributed by atoms with van der Waals surface area (Å²) in [6.07, 6.45) is 0.687. The Kier molecular flexibility index (Phi) is 3.54. The molecular weight excluding hydrogens is 284 g/mol. The average molecular weight is 306 g/mol. The lowest BCUT2D eigenvalue weighted by Gasteiger charge is -2.30. The maximum atomic E-state index is 15.2. The SMILES string of the molecule is Cc1nnc(CC2CN3CCN4CCN2CC([18F])(C4)C3)nn1. The van der Waals surface area contributed by atoms with Gasteiger partial charge in [-0.2, -0.15) is 0 Å². The van der Waals surface area contributed by atoms with Crippen molar-refractivity contribution in [2.45, 2.75) is 25.1 Å². The number of aryl methyl sites for hydroxylation is 1. The monoisotopic (exact) mass is 306 g/mol. The molecule has 1 aromatic heterocycles. The van der Waals surface area contributed by atoms with Crippen LogP contribution >= 0.6 is 0 Å². The standard InChI is InChI=1S/C14H22FN7/c1-11-16-18-13(19-17-11)6-12-7-21-3-2-20-4-5-22(12)10-14(15,8-20)9-21/h12H,2-10H2,1H3/i15-1. The topological polar surface area (TPSA) is 61.3 Å². The van der Waals surface area contributed by atoms with Crippen molar-refractivity contribution in [2.75, 3.05) is 52.4 Å². The Morgan fingerprint density at radius 1 is 1.00 bits per heavy atom. The Morgan fingerprint density at radius 3 is 2.50 bits per heavy atom. The second kappa shape index (κ2) is 5.43. The molecule has 8 heteroatoms. The van der Waals surface area contributed by atoms with Crippen molar-refractivity contribution in [2.24, 2.45) is 0 Å². The molecule has 4 heterocycles. The summed E-state index contributed by atoms with van der Waals surface area (Å²) >= 11 is 0. The van der Waals surface area contributed by atoms with Gasteiger partial charge in [0.2, 0.25) is 0 Å². The Hall–Kier alpha value is -1.25. The third-order valence-corrected chi connectivity index (χ3v) is 4.96. The van der Waals surface area contributed by atoms with Gasteiger partial charge >= 0.3 is 0 Å². The summed E-state index contributed by atoms with van der Waals surface area (Å²) in [6.45, 7) is 8.04. The number of alkyl halides is 1. The molecule has 0 aliphatic carbocycles. The van der Waals surface area contributed by atoms with E-state index in [0.717, 1.165) is 32.7 Å². The smallest absolute Gasteiger partial charge is 0.175 e. The van der Waals surface area contributed by atoms with Crippen LogP contribution in [0.25, 0.3) is 0 Å². The maximum Gasteiger partial charge on any atom is 0.175 e. The number of fused-ring (bicyclic) bond motifs is 3. The van der Waals surface area contributed by atoms with Crippen LogP contribution < -0.4 is 0 Å². The molecule has 1 aromatic rings. The molecule has 0 N–H and O–H groups in total. The summed E-state index contributed by atoms with van der Waals surface area (Å²) in [6, 6.07) is 0.238. The van der Waals surface area contributed by atoms with E-state index in [4.69, 9.17) is 0 Å². The minimum absolute atomic E-state index is 0.238. The first-order valence-corrected chi connectivity index (χ1v) is 8.00. The van der Waals surface area contributed by atoms with Crippen LogP contribution in [-0.4, -0.2) is 99.2 Å². The zero-order valence-electron chi connectivity index (χ0n) is 12.9. The van der Waals surface area contributed by atoms with Gasteiger partial charge in [0.1, 0.15) is 5.67 Å². The van der Waals surface area contributed by atoms with Crippen molar-refractivity contribution in [3.05, 3.63) is 11.6 Å². The normalized spacial score (nSPS) is 41.0. The lowest BCUT2D eigenvalue weighted by Crippen LogP contribution is -2.46. The van der Waals surface area contributed by atoms with E-state index >= 15 is 4.39 Å². The van der Waals surface area contributed by atoms with E-state index in [9.17, 15) is 0 Å². The molecule has 3 fully saturated rings. The van der Waals surface area contributed by atoms with Crippen LogP contribution in [0.15, 0.2) is 0 Å². The molecular formula is C14H22FN7. The molecule has 0 aromatic carbocycles. The maximum absolute atomic E-state index is 15.2. The van der Waals surface area contributed by atoms with Gasteiger partial charge in [-0.3, -0.25) is 14.7 Å². The van der Waals surface area contributed by atoms with Crippen molar-refractivity contribution in [1.29, 1.82) is 0 Å². The number of aromatic nitrogens is 4. The second-order valence-electron chi connectivity index (χ2n) is 6.85. The van der Waals surface area contributed by atoms with E-state index < -0.39 is 5.67 Å². The fourth-order valence-corrected chi connectivity index (χ4v) is 3.96. The molecule has 5 atom stereocenters. The molecule has 0 saturated carbocycles.